The van der Waals surface area contributed by atoms with E-state index in [4.69, 9.17) is 0 Å². The number of rotatable bonds is 4. The molecule has 3 nitrogen and oxygen atoms in total. The van der Waals surface area contributed by atoms with Crippen LogP contribution in [0.5, 0.6) is 0 Å². The Morgan fingerprint density at radius 1 is 1.53 bits per heavy atom. The van der Waals surface area contributed by atoms with Crippen LogP contribution in [0.25, 0.3) is 0 Å². The average Bonchev–Trinajstić information content (AvgIpc) is 2.81. The molecule has 17 heavy (non-hydrogen) atoms. The lowest BCUT2D eigenvalue weighted by molar-refractivity contribution is 0.230. The minimum Gasteiger partial charge on any atom is -0.303 e. The summed E-state index contributed by atoms with van der Waals surface area (Å²) in [4.78, 5) is 2.53. The molecule has 0 aliphatic heterocycles. The molecule has 0 N–H and O–H groups in total. The van der Waals surface area contributed by atoms with Gasteiger partial charge in [0.25, 0.3) is 0 Å². The second-order valence-corrected chi connectivity index (χ2v) is 6.31. The third-order valence-corrected chi connectivity index (χ3v) is 4.08. The number of aryl methyl sites for hydroxylation is 1. The number of nitrogens with zero attached hydrogens (tertiary/aromatic N) is 3. The van der Waals surface area contributed by atoms with E-state index in [1.54, 1.807) is 0 Å². The van der Waals surface area contributed by atoms with Gasteiger partial charge in [0.15, 0.2) is 0 Å². The fraction of sp³-hybridized carbons (Fsp3) is 0.786. The van der Waals surface area contributed by atoms with Crippen LogP contribution in [0.4, 0.5) is 0 Å². The number of hydrogen-bond donors (Lipinski definition) is 0. The van der Waals surface area contributed by atoms with Gasteiger partial charge in [0.2, 0.25) is 0 Å². The highest BCUT2D eigenvalue weighted by Crippen LogP contribution is 2.38. The molecule has 1 aliphatic rings. The summed E-state index contributed by atoms with van der Waals surface area (Å²) in [6.45, 7) is 5.93. The van der Waals surface area contributed by atoms with Gasteiger partial charge >= 0.3 is 0 Å². The van der Waals surface area contributed by atoms with E-state index in [1.807, 2.05) is 17.9 Å². The largest absolute Gasteiger partial charge is 0.303 e. The third-order valence-electron chi connectivity index (χ3n) is 4.08. The zero-order valence-electron chi connectivity index (χ0n) is 11.6. The Bertz CT molecular complexity index is 367. The van der Waals surface area contributed by atoms with E-state index in [-0.39, 0.29) is 0 Å². The second-order valence-electron chi connectivity index (χ2n) is 6.31. The summed E-state index contributed by atoms with van der Waals surface area (Å²) >= 11 is 0. The van der Waals surface area contributed by atoms with E-state index >= 15 is 0 Å². The average molecular weight is 235 g/mol. The molecular formula is C14H25N3. The molecule has 96 valence electrons. The predicted octanol–water partition coefficient (Wildman–Crippen LogP) is 2.47. The van der Waals surface area contributed by atoms with Crippen LogP contribution < -0.4 is 0 Å². The van der Waals surface area contributed by atoms with Crippen molar-refractivity contribution >= 4 is 0 Å². The first-order chi connectivity index (χ1) is 7.96. The number of likely N-dealkylation sites (N-methyl/N-ethyl adjacent to an activating group) is 1. The molecule has 1 aromatic rings. The van der Waals surface area contributed by atoms with Crippen LogP contribution in [0.1, 0.15) is 38.7 Å². The predicted molar refractivity (Wildman–Crippen MR) is 71.0 cm³/mol. The smallest absolute Gasteiger partial charge is 0.0522 e. The van der Waals surface area contributed by atoms with Crippen molar-refractivity contribution in [1.82, 2.24) is 14.7 Å². The van der Waals surface area contributed by atoms with Crippen molar-refractivity contribution in [2.45, 2.75) is 45.6 Å². The third kappa shape index (κ3) is 3.32. The molecule has 0 aromatic carbocycles. The standard InChI is InChI=1S/C14H25N3/c1-14(2)7-5-13(9-14)16(3)8-6-12-10-15-17(4)11-12/h10-11,13H,5-9H2,1-4H3. The molecule has 3 heteroatoms. The molecule has 1 aromatic heterocycles. The molecule has 0 radical (unpaired) electrons. The first-order valence-corrected chi connectivity index (χ1v) is 6.64. The second kappa shape index (κ2) is 4.81. The van der Waals surface area contributed by atoms with E-state index in [1.165, 1.54) is 24.8 Å². The topological polar surface area (TPSA) is 21.1 Å². The molecular weight excluding hydrogens is 210 g/mol. The lowest BCUT2D eigenvalue weighted by atomic mass is 9.91. The molecule has 1 fully saturated rings. The minimum atomic E-state index is 0.549. The van der Waals surface area contributed by atoms with E-state index in [2.05, 4.69) is 37.1 Å². The fourth-order valence-electron chi connectivity index (χ4n) is 2.86. The summed E-state index contributed by atoms with van der Waals surface area (Å²) in [6, 6.07) is 0.779. The van der Waals surface area contributed by atoms with E-state index in [0.29, 0.717) is 5.41 Å². The van der Waals surface area contributed by atoms with Gasteiger partial charge in [0.05, 0.1) is 6.20 Å². The van der Waals surface area contributed by atoms with Crippen molar-refractivity contribution in [3.05, 3.63) is 18.0 Å². The van der Waals surface area contributed by atoms with Gasteiger partial charge in [0, 0.05) is 25.8 Å². The fourth-order valence-corrected chi connectivity index (χ4v) is 2.86. The minimum absolute atomic E-state index is 0.549. The van der Waals surface area contributed by atoms with Crippen molar-refractivity contribution in [2.24, 2.45) is 12.5 Å². The van der Waals surface area contributed by atoms with Gasteiger partial charge in [0.1, 0.15) is 0 Å². The molecule has 2 rings (SSSR count). The maximum Gasteiger partial charge on any atom is 0.0522 e. The quantitative estimate of drug-likeness (QED) is 0.799. The molecule has 1 heterocycles. The molecule has 1 saturated carbocycles. The zero-order valence-corrected chi connectivity index (χ0v) is 11.6. The lowest BCUT2D eigenvalue weighted by Gasteiger charge is -2.25. The van der Waals surface area contributed by atoms with Gasteiger partial charge in [-0.15, -0.1) is 0 Å². The van der Waals surface area contributed by atoms with Crippen LogP contribution >= 0.6 is 0 Å². The number of hydrogen-bond acceptors (Lipinski definition) is 2. The van der Waals surface area contributed by atoms with Crippen LogP contribution in [-0.4, -0.2) is 34.3 Å². The maximum absolute atomic E-state index is 4.21. The molecule has 1 aliphatic carbocycles. The van der Waals surface area contributed by atoms with Gasteiger partial charge in [-0.3, -0.25) is 4.68 Å². The summed E-state index contributed by atoms with van der Waals surface area (Å²) < 4.78 is 1.88. The highest BCUT2D eigenvalue weighted by Gasteiger charge is 2.32. The van der Waals surface area contributed by atoms with Crippen LogP contribution in [0, 0.1) is 5.41 Å². The van der Waals surface area contributed by atoms with Gasteiger partial charge < -0.3 is 4.90 Å². The van der Waals surface area contributed by atoms with E-state index < -0.39 is 0 Å². The summed E-state index contributed by atoms with van der Waals surface area (Å²) in [6.07, 6.45) is 9.28. The Kier molecular flexibility index (Phi) is 3.57. The van der Waals surface area contributed by atoms with Crippen molar-refractivity contribution in [3.63, 3.8) is 0 Å². The summed E-state index contributed by atoms with van der Waals surface area (Å²) in [5, 5.41) is 4.21. The Labute approximate surface area is 105 Å². The van der Waals surface area contributed by atoms with E-state index in [0.717, 1.165) is 19.0 Å². The Balaban J connectivity index is 1.80. The van der Waals surface area contributed by atoms with E-state index in [9.17, 15) is 0 Å². The van der Waals surface area contributed by atoms with Crippen LogP contribution in [0.2, 0.25) is 0 Å². The Morgan fingerprint density at radius 3 is 2.82 bits per heavy atom. The summed E-state index contributed by atoms with van der Waals surface area (Å²) in [5.41, 5.74) is 1.89. The van der Waals surface area contributed by atoms with Gasteiger partial charge in [-0.05, 0) is 43.7 Å². The van der Waals surface area contributed by atoms with Crippen LogP contribution in [0.15, 0.2) is 12.4 Å². The molecule has 0 spiro atoms. The highest BCUT2D eigenvalue weighted by atomic mass is 15.2. The van der Waals surface area contributed by atoms with Crippen molar-refractivity contribution < 1.29 is 0 Å². The molecule has 0 amide bonds. The molecule has 1 unspecified atom stereocenters. The normalized spacial score (nSPS) is 23.5. The van der Waals surface area contributed by atoms with Gasteiger partial charge in [-0.2, -0.15) is 5.10 Å². The van der Waals surface area contributed by atoms with Gasteiger partial charge in [-0.1, -0.05) is 13.8 Å². The number of aromatic nitrogens is 2. The summed E-state index contributed by atoms with van der Waals surface area (Å²) in [5.74, 6) is 0. The Hall–Kier alpha value is -0.830. The van der Waals surface area contributed by atoms with Crippen molar-refractivity contribution in [1.29, 1.82) is 0 Å². The summed E-state index contributed by atoms with van der Waals surface area (Å²) in [7, 11) is 4.25. The zero-order chi connectivity index (χ0) is 12.5. The SMILES string of the molecule is CN(CCc1cnn(C)c1)C1CCC(C)(C)C1. The molecule has 1 atom stereocenters. The van der Waals surface area contributed by atoms with Gasteiger partial charge in [-0.25, -0.2) is 0 Å². The van der Waals surface area contributed by atoms with Crippen LogP contribution in [0.3, 0.4) is 0 Å². The molecule has 0 saturated heterocycles. The molecule has 0 bridgehead atoms. The Morgan fingerprint density at radius 2 is 2.29 bits per heavy atom. The van der Waals surface area contributed by atoms with Crippen molar-refractivity contribution in [2.75, 3.05) is 13.6 Å². The first-order valence-electron chi connectivity index (χ1n) is 6.64. The van der Waals surface area contributed by atoms with Crippen LogP contribution in [-0.2, 0) is 13.5 Å². The first kappa shape index (κ1) is 12.6. The van der Waals surface area contributed by atoms with Crippen molar-refractivity contribution in [3.8, 4) is 0 Å². The highest BCUT2D eigenvalue weighted by molar-refractivity contribution is 5.04. The monoisotopic (exact) mass is 235 g/mol. The lowest BCUT2D eigenvalue weighted by Crippen LogP contribution is -2.32. The maximum atomic E-state index is 4.21.